The van der Waals surface area contributed by atoms with Crippen LogP contribution < -0.4 is 5.32 Å². The highest BCUT2D eigenvalue weighted by Crippen LogP contribution is 2.27. The molecule has 1 aromatic carbocycles. The van der Waals surface area contributed by atoms with E-state index < -0.39 is 14.9 Å². The summed E-state index contributed by atoms with van der Waals surface area (Å²) in [5.41, 5.74) is -0.363. The topological polar surface area (TPSA) is 95.8 Å². The molecule has 146 valence electrons. The van der Waals surface area contributed by atoms with Gasteiger partial charge in [-0.2, -0.15) is 4.31 Å². The second-order valence-electron chi connectivity index (χ2n) is 6.64. The van der Waals surface area contributed by atoms with Gasteiger partial charge in [0.25, 0.3) is 5.69 Å². The van der Waals surface area contributed by atoms with E-state index in [4.69, 9.17) is 0 Å². The first-order valence-corrected chi connectivity index (χ1v) is 10.1. The van der Waals surface area contributed by atoms with Gasteiger partial charge in [-0.3, -0.25) is 10.1 Å². The maximum atomic E-state index is 12.8. The smallest absolute Gasteiger partial charge is 0.289 e. The largest absolute Gasteiger partial charge is 0.316 e. The van der Waals surface area contributed by atoms with Gasteiger partial charge in [0.1, 0.15) is 0 Å². The van der Waals surface area contributed by atoms with Crippen molar-refractivity contribution in [3.8, 4) is 0 Å². The fourth-order valence-corrected chi connectivity index (χ4v) is 5.14. The van der Waals surface area contributed by atoms with E-state index in [1.54, 1.807) is 0 Å². The van der Waals surface area contributed by atoms with Crippen LogP contribution in [0.5, 0.6) is 0 Å². The molecule has 0 amide bonds. The molecule has 26 heavy (non-hydrogen) atoms. The molecule has 0 bridgehead atoms. The van der Waals surface area contributed by atoms with E-state index in [9.17, 15) is 18.5 Å². The quantitative estimate of drug-likeness (QED) is 0.587. The Morgan fingerprint density at radius 2 is 1.88 bits per heavy atom. The van der Waals surface area contributed by atoms with Crippen LogP contribution in [0.3, 0.4) is 0 Å². The number of hydrogen-bond donors (Lipinski definition) is 1. The lowest BCUT2D eigenvalue weighted by Crippen LogP contribution is -2.50. The number of nitro benzene ring substituents is 1. The summed E-state index contributed by atoms with van der Waals surface area (Å²) in [4.78, 5) is 12.6. The monoisotopic (exact) mass is 404 g/mol. The number of hydrogen-bond acceptors (Lipinski definition) is 6. The summed E-state index contributed by atoms with van der Waals surface area (Å²) in [5, 5.41) is 14.5. The van der Waals surface area contributed by atoms with E-state index in [1.165, 1.54) is 41.4 Å². The molecular formula is C16H25ClN4O4S. The molecule has 1 N–H and O–H groups in total. The predicted octanol–water partition coefficient (Wildman–Crippen LogP) is 1.32. The Hall–Kier alpha value is -1.26. The first kappa shape index (κ1) is 21.0. The summed E-state index contributed by atoms with van der Waals surface area (Å²) < 4.78 is 27.0. The summed E-state index contributed by atoms with van der Waals surface area (Å²) in [6, 6.07) is 5.55. The molecule has 0 radical (unpaired) electrons. The lowest BCUT2D eigenvalue weighted by molar-refractivity contribution is -0.387. The molecule has 2 aliphatic rings. The Morgan fingerprint density at radius 1 is 1.19 bits per heavy atom. The van der Waals surface area contributed by atoms with E-state index in [-0.39, 0.29) is 23.0 Å². The van der Waals surface area contributed by atoms with Gasteiger partial charge in [0.05, 0.1) is 4.92 Å². The number of halogens is 1. The Bertz CT molecular complexity index is 717. The number of benzene rings is 1. The molecule has 3 rings (SSSR count). The third kappa shape index (κ3) is 4.72. The highest BCUT2D eigenvalue weighted by atomic mass is 35.5. The van der Waals surface area contributed by atoms with E-state index in [0.717, 1.165) is 19.6 Å². The van der Waals surface area contributed by atoms with Crippen LogP contribution in [-0.2, 0) is 10.0 Å². The van der Waals surface area contributed by atoms with Gasteiger partial charge in [-0.1, -0.05) is 12.1 Å². The molecule has 2 saturated heterocycles. The minimum Gasteiger partial charge on any atom is -0.316 e. The number of nitro groups is 1. The van der Waals surface area contributed by atoms with Crippen LogP contribution in [0.4, 0.5) is 5.69 Å². The van der Waals surface area contributed by atoms with E-state index >= 15 is 0 Å². The van der Waals surface area contributed by atoms with Crippen LogP contribution in [0.2, 0.25) is 0 Å². The molecule has 1 unspecified atom stereocenters. The molecule has 2 fully saturated rings. The lowest BCUT2D eigenvalue weighted by Gasteiger charge is -2.36. The zero-order chi connectivity index (χ0) is 17.9. The minimum atomic E-state index is -3.84. The number of rotatable bonds is 5. The Labute approximate surface area is 160 Å². The predicted molar refractivity (Wildman–Crippen MR) is 101 cm³/mol. The van der Waals surface area contributed by atoms with Gasteiger partial charge < -0.3 is 10.2 Å². The Balaban J connectivity index is 0.00000243. The van der Waals surface area contributed by atoms with Crippen LogP contribution >= 0.6 is 12.4 Å². The Morgan fingerprint density at radius 3 is 2.50 bits per heavy atom. The maximum absolute atomic E-state index is 12.8. The van der Waals surface area contributed by atoms with Crippen LogP contribution in [0.15, 0.2) is 29.2 Å². The number of nitrogens with one attached hydrogen (secondary N) is 1. The van der Waals surface area contributed by atoms with E-state index in [1.807, 2.05) is 0 Å². The van der Waals surface area contributed by atoms with Crippen LogP contribution in [0, 0.1) is 16.0 Å². The maximum Gasteiger partial charge on any atom is 0.289 e. The standard InChI is InChI=1S/C16H24N4O4S.ClH/c21-20(22)15-5-1-2-6-16(15)25(23,24)19-10-8-18(9-11-19)13-14-4-3-7-17-12-14;/h1-2,5-6,14,17H,3-4,7-13H2;1H. The van der Waals surface area contributed by atoms with Crippen molar-refractivity contribution in [2.45, 2.75) is 17.7 Å². The molecular weight excluding hydrogens is 380 g/mol. The van der Waals surface area contributed by atoms with Crippen LogP contribution in [-0.4, -0.2) is 68.4 Å². The molecule has 1 aromatic rings. The molecule has 0 spiro atoms. The van der Waals surface area contributed by atoms with Crippen molar-refractivity contribution >= 4 is 28.1 Å². The summed E-state index contributed by atoms with van der Waals surface area (Å²) in [7, 11) is -3.84. The highest BCUT2D eigenvalue weighted by Gasteiger charge is 2.33. The molecule has 0 aromatic heterocycles. The molecule has 0 aliphatic carbocycles. The summed E-state index contributed by atoms with van der Waals surface area (Å²) >= 11 is 0. The van der Waals surface area contributed by atoms with Crippen molar-refractivity contribution in [3.05, 3.63) is 34.4 Å². The zero-order valence-corrected chi connectivity index (χ0v) is 16.2. The number of piperidine rings is 1. The minimum absolute atomic E-state index is 0. The molecule has 2 heterocycles. The fourth-order valence-electron chi connectivity index (χ4n) is 3.56. The normalized spacial score (nSPS) is 22.5. The van der Waals surface area contributed by atoms with Crippen molar-refractivity contribution in [2.75, 3.05) is 45.8 Å². The van der Waals surface area contributed by atoms with Gasteiger partial charge in [-0.25, -0.2) is 8.42 Å². The number of sulfonamides is 1. The molecule has 1 atom stereocenters. The Kier molecular flexibility index (Phi) is 7.36. The van der Waals surface area contributed by atoms with Crippen LogP contribution in [0.25, 0.3) is 0 Å². The van der Waals surface area contributed by atoms with Crippen molar-refractivity contribution in [3.63, 3.8) is 0 Å². The summed E-state index contributed by atoms with van der Waals surface area (Å²) in [6.07, 6.45) is 2.40. The van der Waals surface area contributed by atoms with Crippen molar-refractivity contribution in [1.82, 2.24) is 14.5 Å². The second kappa shape index (κ2) is 9.09. The van der Waals surface area contributed by atoms with E-state index in [2.05, 4.69) is 10.2 Å². The average Bonchev–Trinajstić information content (AvgIpc) is 2.63. The van der Waals surface area contributed by atoms with Gasteiger partial charge in [0.15, 0.2) is 4.90 Å². The van der Waals surface area contributed by atoms with Gasteiger partial charge >= 0.3 is 0 Å². The molecule has 0 saturated carbocycles. The van der Waals surface area contributed by atoms with Crippen molar-refractivity contribution < 1.29 is 13.3 Å². The zero-order valence-electron chi connectivity index (χ0n) is 14.5. The summed E-state index contributed by atoms with van der Waals surface area (Å²) in [6.45, 7) is 5.15. The third-order valence-corrected chi connectivity index (χ3v) is 6.87. The molecule has 2 aliphatic heterocycles. The first-order chi connectivity index (χ1) is 12.0. The highest BCUT2D eigenvalue weighted by molar-refractivity contribution is 7.89. The lowest BCUT2D eigenvalue weighted by atomic mass is 9.99. The molecule has 8 nitrogen and oxygen atoms in total. The number of nitrogens with zero attached hydrogens (tertiary/aromatic N) is 3. The average molecular weight is 405 g/mol. The van der Waals surface area contributed by atoms with Gasteiger partial charge in [0.2, 0.25) is 10.0 Å². The number of piperazine rings is 1. The van der Waals surface area contributed by atoms with E-state index in [0.29, 0.717) is 32.1 Å². The molecule has 10 heteroatoms. The van der Waals surface area contributed by atoms with Gasteiger partial charge in [0, 0.05) is 38.8 Å². The second-order valence-corrected chi connectivity index (χ2v) is 8.55. The van der Waals surface area contributed by atoms with Crippen LogP contribution in [0.1, 0.15) is 12.8 Å². The van der Waals surface area contributed by atoms with Crippen molar-refractivity contribution in [1.29, 1.82) is 0 Å². The third-order valence-electron chi connectivity index (χ3n) is 4.93. The van der Waals surface area contributed by atoms with Gasteiger partial charge in [-0.05, 0) is 37.9 Å². The van der Waals surface area contributed by atoms with Gasteiger partial charge in [-0.15, -0.1) is 12.4 Å². The summed E-state index contributed by atoms with van der Waals surface area (Å²) in [5.74, 6) is 0.618. The SMILES string of the molecule is Cl.O=[N+]([O-])c1ccccc1S(=O)(=O)N1CCN(CC2CCCNC2)CC1. The fraction of sp³-hybridized carbons (Fsp3) is 0.625. The first-order valence-electron chi connectivity index (χ1n) is 8.65. The number of para-hydroxylation sites is 1. The van der Waals surface area contributed by atoms with Crippen molar-refractivity contribution in [2.24, 2.45) is 5.92 Å².